The lowest BCUT2D eigenvalue weighted by atomic mass is 10.0. The molecule has 3 aromatic carbocycles. The van der Waals surface area contributed by atoms with Gasteiger partial charge >= 0.3 is 0 Å². The molecular weight excluding hydrogens is 436 g/mol. The van der Waals surface area contributed by atoms with E-state index in [2.05, 4.69) is 4.57 Å². The Morgan fingerprint density at radius 1 is 0.824 bits per heavy atom. The number of nitrogens with one attached hydrogen (secondary N) is 1. The van der Waals surface area contributed by atoms with E-state index >= 15 is 0 Å². The van der Waals surface area contributed by atoms with Gasteiger partial charge in [0, 0.05) is 40.3 Å². The van der Waals surface area contributed by atoms with Gasteiger partial charge in [0.05, 0.1) is 21.3 Å². The van der Waals surface area contributed by atoms with E-state index in [1.807, 2.05) is 36.5 Å². The lowest BCUT2D eigenvalue weighted by Gasteiger charge is -2.14. The summed E-state index contributed by atoms with van der Waals surface area (Å²) in [6.45, 7) is 0.588. The Labute approximate surface area is 196 Å². The van der Waals surface area contributed by atoms with E-state index in [4.69, 9.17) is 19.4 Å². The van der Waals surface area contributed by atoms with Crippen LogP contribution in [0.15, 0.2) is 66.9 Å². The van der Waals surface area contributed by atoms with Crippen molar-refractivity contribution in [1.82, 2.24) is 10.0 Å². The molecule has 174 valence electrons. The maximum Gasteiger partial charge on any atom is 0.274 e. The molecule has 0 radical (unpaired) electrons. The first-order chi connectivity index (χ1) is 16.5. The zero-order valence-corrected chi connectivity index (χ0v) is 19.0. The van der Waals surface area contributed by atoms with Crippen molar-refractivity contribution in [3.63, 3.8) is 0 Å². The molecule has 1 aromatic heterocycles. The molecule has 0 aliphatic heterocycles. The molecule has 0 bridgehead atoms. The second kappa shape index (κ2) is 9.68. The highest BCUT2D eigenvalue weighted by Crippen LogP contribution is 2.38. The molecule has 8 heteroatoms. The molecule has 1 amide bonds. The van der Waals surface area contributed by atoms with Gasteiger partial charge in [-0.15, -0.1) is 0 Å². The van der Waals surface area contributed by atoms with Crippen LogP contribution in [0.2, 0.25) is 0 Å². The Morgan fingerprint density at radius 2 is 1.47 bits per heavy atom. The highest BCUT2D eigenvalue weighted by atomic mass is 16.5. The van der Waals surface area contributed by atoms with Gasteiger partial charge in [-0.2, -0.15) is 0 Å². The number of amides is 1. The number of benzene rings is 3. The number of nitrogens with zero attached hydrogens (tertiary/aromatic N) is 1. The summed E-state index contributed by atoms with van der Waals surface area (Å²) in [5.41, 5.74) is 4.93. The zero-order valence-electron chi connectivity index (χ0n) is 19.0. The van der Waals surface area contributed by atoms with Crippen LogP contribution in [-0.2, 0) is 6.54 Å². The highest BCUT2D eigenvalue weighted by Gasteiger charge is 2.18. The predicted molar refractivity (Wildman–Crippen MR) is 126 cm³/mol. The minimum absolute atomic E-state index is 0.161. The SMILES string of the molecule is COc1cc(C(=O)c2ccc3c(ccn3Cc3ccc(C(=O)NO)cc3)c2)cc(OC)c1OC. The van der Waals surface area contributed by atoms with E-state index in [0.29, 0.717) is 40.5 Å². The lowest BCUT2D eigenvalue weighted by molar-refractivity contribution is 0.0706. The average Bonchev–Trinajstić information content (AvgIpc) is 3.28. The first-order valence-corrected chi connectivity index (χ1v) is 10.5. The van der Waals surface area contributed by atoms with Crippen molar-refractivity contribution < 1.29 is 29.0 Å². The predicted octanol–water partition coefficient (Wildman–Crippen LogP) is 4.07. The normalized spacial score (nSPS) is 10.7. The fraction of sp³-hybridized carbons (Fsp3) is 0.154. The summed E-state index contributed by atoms with van der Waals surface area (Å²) in [7, 11) is 4.53. The first-order valence-electron chi connectivity index (χ1n) is 10.5. The quantitative estimate of drug-likeness (QED) is 0.234. The maximum absolute atomic E-state index is 13.2. The van der Waals surface area contributed by atoms with E-state index < -0.39 is 5.91 Å². The molecule has 0 aliphatic rings. The number of hydroxylamine groups is 1. The number of hydrogen-bond donors (Lipinski definition) is 2. The van der Waals surface area contributed by atoms with Crippen molar-refractivity contribution >= 4 is 22.6 Å². The van der Waals surface area contributed by atoms with Crippen LogP contribution in [0, 0.1) is 0 Å². The number of hydrogen-bond acceptors (Lipinski definition) is 6. The van der Waals surface area contributed by atoms with Gasteiger partial charge in [0.25, 0.3) is 5.91 Å². The molecule has 0 aliphatic carbocycles. The fourth-order valence-corrected chi connectivity index (χ4v) is 3.88. The largest absolute Gasteiger partial charge is 0.493 e. The van der Waals surface area contributed by atoms with Gasteiger partial charge in [0.1, 0.15) is 0 Å². The molecule has 0 spiro atoms. The fourth-order valence-electron chi connectivity index (χ4n) is 3.88. The Hall–Kier alpha value is -4.30. The van der Waals surface area contributed by atoms with Gasteiger partial charge in [-0.05, 0) is 54.1 Å². The molecule has 8 nitrogen and oxygen atoms in total. The number of rotatable bonds is 8. The Bertz CT molecular complexity index is 1330. The van der Waals surface area contributed by atoms with Gasteiger partial charge in [0.2, 0.25) is 5.75 Å². The molecule has 34 heavy (non-hydrogen) atoms. The maximum atomic E-state index is 13.2. The molecule has 0 saturated carbocycles. The number of ketones is 1. The molecule has 0 atom stereocenters. The Kier molecular flexibility index (Phi) is 6.51. The Morgan fingerprint density at radius 3 is 2.06 bits per heavy atom. The molecule has 4 aromatic rings. The third-order valence-electron chi connectivity index (χ3n) is 5.63. The number of methoxy groups -OCH3 is 3. The van der Waals surface area contributed by atoms with Crippen LogP contribution in [0.1, 0.15) is 31.8 Å². The second-order valence-corrected chi connectivity index (χ2v) is 7.60. The lowest BCUT2D eigenvalue weighted by Crippen LogP contribution is -2.18. The van der Waals surface area contributed by atoms with Crippen molar-refractivity contribution in [2.24, 2.45) is 0 Å². The van der Waals surface area contributed by atoms with Crippen LogP contribution in [-0.4, -0.2) is 42.8 Å². The third-order valence-corrected chi connectivity index (χ3v) is 5.63. The van der Waals surface area contributed by atoms with E-state index in [0.717, 1.165) is 16.5 Å². The van der Waals surface area contributed by atoms with Crippen LogP contribution in [0.4, 0.5) is 0 Å². The van der Waals surface area contributed by atoms with E-state index in [1.54, 1.807) is 35.8 Å². The van der Waals surface area contributed by atoms with Crippen LogP contribution in [0.3, 0.4) is 0 Å². The number of aromatic nitrogens is 1. The minimum atomic E-state index is -0.553. The van der Waals surface area contributed by atoms with Gasteiger partial charge in [-0.1, -0.05) is 12.1 Å². The van der Waals surface area contributed by atoms with E-state index in [1.165, 1.54) is 21.3 Å². The molecular formula is C26H24N2O6. The van der Waals surface area contributed by atoms with Crippen molar-refractivity contribution in [2.45, 2.75) is 6.54 Å². The average molecular weight is 460 g/mol. The number of fused-ring (bicyclic) bond motifs is 1. The van der Waals surface area contributed by atoms with Crippen molar-refractivity contribution in [1.29, 1.82) is 0 Å². The first kappa shape index (κ1) is 22.9. The summed E-state index contributed by atoms with van der Waals surface area (Å²) in [4.78, 5) is 24.7. The second-order valence-electron chi connectivity index (χ2n) is 7.60. The third kappa shape index (κ3) is 4.31. The number of carbonyl (C=O) groups excluding carboxylic acids is 2. The molecule has 0 unspecified atom stereocenters. The summed E-state index contributed by atoms with van der Waals surface area (Å²) < 4.78 is 18.1. The molecule has 0 fully saturated rings. The van der Waals surface area contributed by atoms with Gasteiger partial charge < -0.3 is 18.8 Å². The zero-order chi connectivity index (χ0) is 24.2. The topological polar surface area (TPSA) is 99.0 Å². The van der Waals surface area contributed by atoms with Crippen LogP contribution >= 0.6 is 0 Å². The van der Waals surface area contributed by atoms with Crippen molar-refractivity contribution in [3.05, 3.63) is 89.1 Å². The summed E-state index contributed by atoms with van der Waals surface area (Å²) in [6, 6.07) is 17.8. The summed E-state index contributed by atoms with van der Waals surface area (Å²) >= 11 is 0. The molecule has 4 rings (SSSR count). The molecule has 1 heterocycles. The summed E-state index contributed by atoms with van der Waals surface area (Å²) in [6.07, 6.45) is 1.95. The van der Waals surface area contributed by atoms with Crippen LogP contribution in [0.5, 0.6) is 17.2 Å². The van der Waals surface area contributed by atoms with Crippen LogP contribution < -0.4 is 19.7 Å². The van der Waals surface area contributed by atoms with Crippen molar-refractivity contribution in [3.8, 4) is 17.2 Å². The number of ether oxygens (including phenoxy) is 3. The summed E-state index contributed by atoms with van der Waals surface area (Å²) in [5.74, 6) is 0.549. The van der Waals surface area contributed by atoms with Crippen molar-refractivity contribution in [2.75, 3.05) is 21.3 Å². The van der Waals surface area contributed by atoms with Gasteiger partial charge in [-0.25, -0.2) is 5.48 Å². The van der Waals surface area contributed by atoms with Gasteiger partial charge in [0.15, 0.2) is 17.3 Å². The highest BCUT2D eigenvalue weighted by molar-refractivity contribution is 6.11. The molecule has 2 N–H and O–H groups in total. The van der Waals surface area contributed by atoms with Gasteiger partial charge in [-0.3, -0.25) is 14.8 Å². The van der Waals surface area contributed by atoms with Crippen LogP contribution in [0.25, 0.3) is 10.9 Å². The minimum Gasteiger partial charge on any atom is -0.493 e. The number of carbonyl (C=O) groups is 2. The van der Waals surface area contributed by atoms with E-state index in [9.17, 15) is 9.59 Å². The summed E-state index contributed by atoms with van der Waals surface area (Å²) in [5, 5.41) is 9.67. The Balaban J connectivity index is 1.61. The smallest absolute Gasteiger partial charge is 0.274 e. The molecule has 0 saturated heterocycles. The standard InChI is InChI=1S/C26H24N2O6/c1-32-22-13-20(14-23(33-2)25(22)34-3)24(29)19-8-9-21-18(12-19)10-11-28(21)15-16-4-6-17(7-5-16)26(30)27-31/h4-14,31H,15H2,1-3H3,(H,27,30). The monoisotopic (exact) mass is 460 g/mol. The van der Waals surface area contributed by atoms with E-state index in [-0.39, 0.29) is 5.78 Å².